The van der Waals surface area contributed by atoms with Crippen molar-refractivity contribution in [1.82, 2.24) is 20.2 Å². The fourth-order valence-electron chi connectivity index (χ4n) is 4.47. The molecule has 3 heterocycles. The summed E-state index contributed by atoms with van der Waals surface area (Å²) in [5.74, 6) is -2.60. The number of likely N-dealkylation sites (N-methyl/N-ethyl adjacent to an activating group) is 1. The Labute approximate surface area is 192 Å². The SMILES string of the molecule is CN(C(=O)c1cc2cc(S(C)(=O)=O)ccc2[nH]1)[C@H]1CNCc2[nH]c(=O)c3cc(F)c(F)cc3c21. The van der Waals surface area contributed by atoms with Crippen molar-refractivity contribution in [3.8, 4) is 0 Å². The Morgan fingerprint density at radius 2 is 1.76 bits per heavy atom. The van der Waals surface area contributed by atoms with Gasteiger partial charge in [-0.1, -0.05) is 0 Å². The number of nitrogens with zero attached hydrogens (tertiary/aromatic N) is 1. The number of aromatic amines is 2. The zero-order chi connectivity index (χ0) is 24.4. The molecule has 8 nitrogen and oxygen atoms in total. The average molecular weight is 487 g/mol. The van der Waals surface area contributed by atoms with Gasteiger partial charge in [0.15, 0.2) is 21.5 Å². The predicted molar refractivity (Wildman–Crippen MR) is 122 cm³/mol. The third-order valence-electron chi connectivity index (χ3n) is 6.20. The Morgan fingerprint density at radius 3 is 2.47 bits per heavy atom. The van der Waals surface area contributed by atoms with Gasteiger partial charge in [-0.25, -0.2) is 17.2 Å². The van der Waals surface area contributed by atoms with Crippen LogP contribution in [0, 0.1) is 11.6 Å². The Morgan fingerprint density at radius 1 is 1.06 bits per heavy atom. The van der Waals surface area contributed by atoms with Gasteiger partial charge in [-0.3, -0.25) is 9.59 Å². The van der Waals surface area contributed by atoms with Crippen molar-refractivity contribution in [3.63, 3.8) is 0 Å². The van der Waals surface area contributed by atoms with E-state index in [4.69, 9.17) is 0 Å². The van der Waals surface area contributed by atoms with Crippen molar-refractivity contribution in [3.05, 3.63) is 75.3 Å². The first-order valence-electron chi connectivity index (χ1n) is 10.4. The Bertz CT molecular complexity index is 1660. The maximum absolute atomic E-state index is 14.1. The summed E-state index contributed by atoms with van der Waals surface area (Å²) < 4.78 is 51.6. The van der Waals surface area contributed by atoms with Crippen LogP contribution in [0.5, 0.6) is 0 Å². The maximum Gasteiger partial charge on any atom is 0.270 e. The molecule has 0 radical (unpaired) electrons. The molecule has 4 aromatic rings. The van der Waals surface area contributed by atoms with Crippen LogP contribution in [0.3, 0.4) is 0 Å². The normalized spacial score (nSPS) is 16.1. The number of fused-ring (bicyclic) bond motifs is 4. The number of hydrogen-bond donors (Lipinski definition) is 3. The van der Waals surface area contributed by atoms with Crippen LogP contribution in [0.25, 0.3) is 21.7 Å². The molecule has 176 valence electrons. The van der Waals surface area contributed by atoms with Crippen molar-refractivity contribution in [1.29, 1.82) is 0 Å². The van der Waals surface area contributed by atoms with Gasteiger partial charge in [0.1, 0.15) is 5.69 Å². The highest BCUT2D eigenvalue weighted by molar-refractivity contribution is 7.90. The molecule has 1 atom stereocenters. The highest BCUT2D eigenvalue weighted by Crippen LogP contribution is 2.33. The van der Waals surface area contributed by atoms with Crippen molar-refractivity contribution >= 4 is 37.4 Å². The van der Waals surface area contributed by atoms with Crippen molar-refractivity contribution < 1.29 is 22.0 Å². The summed E-state index contributed by atoms with van der Waals surface area (Å²) in [6, 6.07) is 7.38. The summed E-state index contributed by atoms with van der Waals surface area (Å²) in [5, 5.41) is 3.95. The highest BCUT2D eigenvalue weighted by Gasteiger charge is 2.31. The molecular weight excluding hydrogens is 466 g/mol. The second kappa shape index (κ2) is 7.74. The van der Waals surface area contributed by atoms with E-state index < -0.39 is 39.0 Å². The number of rotatable bonds is 3. The molecule has 0 fully saturated rings. The van der Waals surface area contributed by atoms with E-state index in [0.29, 0.717) is 35.2 Å². The Balaban J connectivity index is 1.58. The fourth-order valence-corrected chi connectivity index (χ4v) is 5.12. The van der Waals surface area contributed by atoms with Gasteiger partial charge in [0.25, 0.3) is 11.5 Å². The number of aromatic nitrogens is 2. The van der Waals surface area contributed by atoms with Crippen molar-refractivity contribution in [2.45, 2.75) is 17.5 Å². The Kier molecular flexibility index (Phi) is 5.06. The molecule has 34 heavy (non-hydrogen) atoms. The molecule has 0 bridgehead atoms. The summed E-state index contributed by atoms with van der Waals surface area (Å²) in [6.45, 7) is 0.631. The largest absolute Gasteiger partial charge is 0.351 e. The number of benzene rings is 2. The van der Waals surface area contributed by atoms with E-state index in [0.717, 1.165) is 18.4 Å². The van der Waals surface area contributed by atoms with Gasteiger partial charge in [-0.15, -0.1) is 0 Å². The summed E-state index contributed by atoms with van der Waals surface area (Å²) in [7, 11) is -1.83. The van der Waals surface area contributed by atoms with Gasteiger partial charge in [0.2, 0.25) is 0 Å². The van der Waals surface area contributed by atoms with E-state index in [1.807, 2.05) is 0 Å². The molecule has 0 aliphatic carbocycles. The van der Waals surface area contributed by atoms with E-state index >= 15 is 0 Å². The molecule has 1 aliphatic heterocycles. The summed E-state index contributed by atoms with van der Waals surface area (Å²) >= 11 is 0. The molecule has 0 saturated heterocycles. The molecule has 2 aromatic heterocycles. The lowest BCUT2D eigenvalue weighted by Crippen LogP contribution is -2.42. The lowest BCUT2D eigenvalue weighted by molar-refractivity contribution is 0.0718. The molecule has 0 spiro atoms. The van der Waals surface area contributed by atoms with E-state index in [-0.39, 0.29) is 21.4 Å². The van der Waals surface area contributed by atoms with Crippen LogP contribution in [-0.4, -0.2) is 49.0 Å². The first-order chi connectivity index (χ1) is 16.0. The topological polar surface area (TPSA) is 115 Å². The van der Waals surface area contributed by atoms with Crippen LogP contribution < -0.4 is 10.9 Å². The number of halogens is 2. The van der Waals surface area contributed by atoms with E-state index in [1.54, 1.807) is 19.2 Å². The smallest absolute Gasteiger partial charge is 0.270 e. The molecular formula is C23H20F2N4O4S. The second-order valence-electron chi connectivity index (χ2n) is 8.43. The first-order valence-corrected chi connectivity index (χ1v) is 12.3. The molecule has 0 saturated carbocycles. The third-order valence-corrected chi connectivity index (χ3v) is 7.31. The lowest BCUT2D eigenvalue weighted by Gasteiger charge is -2.34. The van der Waals surface area contributed by atoms with Crippen LogP contribution in [0.15, 0.2) is 46.1 Å². The van der Waals surface area contributed by atoms with Crippen LogP contribution in [0.2, 0.25) is 0 Å². The zero-order valence-corrected chi connectivity index (χ0v) is 19.0. The number of pyridine rings is 1. The predicted octanol–water partition coefficient (Wildman–Crippen LogP) is 2.61. The number of sulfone groups is 1. The van der Waals surface area contributed by atoms with Gasteiger partial charge in [0, 0.05) is 48.6 Å². The quantitative estimate of drug-likeness (QED) is 0.412. The van der Waals surface area contributed by atoms with Crippen LogP contribution in [0.1, 0.15) is 27.8 Å². The van der Waals surface area contributed by atoms with Gasteiger partial charge in [-0.2, -0.15) is 0 Å². The standard InChI is InChI=1S/C23H20F2N4O4S/c1-29(23(31)18-6-11-5-12(34(2,32)33)3-4-17(11)27-18)20-10-26-9-19-21(20)13-7-15(24)16(25)8-14(13)22(30)28-19/h3-8,20,26-27H,9-10H2,1-2H3,(H,28,30)/t20-/m0/s1. The third kappa shape index (κ3) is 3.57. The summed E-state index contributed by atoms with van der Waals surface area (Å²) in [4.78, 5) is 33.1. The van der Waals surface area contributed by atoms with Crippen LogP contribution in [-0.2, 0) is 16.4 Å². The monoisotopic (exact) mass is 486 g/mol. The number of H-pyrrole nitrogens is 2. The van der Waals surface area contributed by atoms with Gasteiger partial charge < -0.3 is 20.2 Å². The van der Waals surface area contributed by atoms with Gasteiger partial charge in [0.05, 0.1) is 16.3 Å². The molecule has 11 heteroatoms. The van der Waals surface area contributed by atoms with Crippen LogP contribution in [0.4, 0.5) is 8.78 Å². The number of carbonyl (C=O) groups excluding carboxylic acids is 1. The molecule has 5 rings (SSSR count). The number of amides is 1. The summed E-state index contributed by atoms with van der Waals surface area (Å²) in [6.07, 6.45) is 1.11. The molecule has 2 aromatic carbocycles. The minimum absolute atomic E-state index is 0.00400. The van der Waals surface area contributed by atoms with Crippen molar-refractivity contribution in [2.24, 2.45) is 0 Å². The second-order valence-corrected chi connectivity index (χ2v) is 10.4. The van der Waals surface area contributed by atoms with Crippen molar-refractivity contribution in [2.75, 3.05) is 19.8 Å². The van der Waals surface area contributed by atoms with Gasteiger partial charge >= 0.3 is 0 Å². The van der Waals surface area contributed by atoms with E-state index in [1.165, 1.54) is 17.0 Å². The Hall–Kier alpha value is -3.57. The van der Waals surface area contributed by atoms with E-state index in [2.05, 4.69) is 15.3 Å². The average Bonchev–Trinajstić information content (AvgIpc) is 3.22. The molecule has 3 N–H and O–H groups in total. The lowest BCUT2D eigenvalue weighted by atomic mass is 9.93. The van der Waals surface area contributed by atoms with Gasteiger partial charge in [-0.05, 0) is 41.8 Å². The van der Waals surface area contributed by atoms with Crippen LogP contribution >= 0.6 is 0 Å². The number of nitrogens with one attached hydrogen (secondary N) is 3. The maximum atomic E-state index is 14.1. The van der Waals surface area contributed by atoms with E-state index in [9.17, 15) is 26.8 Å². The molecule has 0 unspecified atom stereocenters. The first kappa shape index (κ1) is 22.2. The minimum atomic E-state index is -3.41. The molecule has 1 aliphatic rings. The fraction of sp³-hybridized carbons (Fsp3) is 0.217. The molecule has 1 amide bonds. The highest BCUT2D eigenvalue weighted by atomic mass is 32.2. The zero-order valence-electron chi connectivity index (χ0n) is 18.2. The number of carbonyl (C=O) groups is 1. The number of hydrogen-bond acceptors (Lipinski definition) is 5. The summed E-state index contributed by atoms with van der Waals surface area (Å²) in [5.41, 5.74) is 1.33. The minimum Gasteiger partial charge on any atom is -0.351 e.